The Hall–Kier alpha value is 0.530. The van der Waals surface area contributed by atoms with Gasteiger partial charge >= 0.3 is 0 Å². The Morgan fingerprint density at radius 1 is 1.29 bits per heavy atom. The summed E-state index contributed by atoms with van der Waals surface area (Å²) in [5.74, 6) is 0. The van der Waals surface area contributed by atoms with E-state index in [1.807, 2.05) is 11.8 Å². The zero-order chi connectivity index (χ0) is 10.8. The maximum Gasteiger partial charge on any atom is 0.0294 e. The van der Waals surface area contributed by atoms with Gasteiger partial charge in [0.1, 0.15) is 0 Å². The Kier molecular flexibility index (Phi) is 4.54. The Morgan fingerprint density at radius 3 is 2.43 bits per heavy atom. The van der Waals surface area contributed by atoms with Crippen LogP contribution in [-0.4, -0.2) is 4.75 Å². The smallest absolute Gasteiger partial charge is 0.0294 e. The molecule has 1 aromatic carbocycles. The van der Waals surface area contributed by atoms with Gasteiger partial charge in [-0.1, -0.05) is 52.6 Å². The molecule has 0 atom stereocenters. The van der Waals surface area contributed by atoms with Crippen molar-refractivity contribution in [2.24, 2.45) is 0 Å². The van der Waals surface area contributed by atoms with E-state index in [4.69, 9.17) is 0 Å². The minimum absolute atomic E-state index is 0.269. The first-order valence-electron chi connectivity index (χ1n) is 4.46. The van der Waals surface area contributed by atoms with Crippen LogP contribution in [0.15, 0.2) is 27.6 Å². The van der Waals surface area contributed by atoms with Crippen LogP contribution in [0, 0.1) is 0 Å². The topological polar surface area (TPSA) is 0 Å². The van der Waals surface area contributed by atoms with Crippen LogP contribution >= 0.6 is 43.6 Å². The lowest BCUT2D eigenvalue weighted by Gasteiger charge is -2.19. The second-order valence-electron chi connectivity index (χ2n) is 4.10. The molecule has 0 heterocycles. The molecule has 14 heavy (non-hydrogen) atoms. The van der Waals surface area contributed by atoms with Crippen molar-refractivity contribution in [2.45, 2.75) is 35.7 Å². The van der Waals surface area contributed by atoms with Crippen molar-refractivity contribution in [1.82, 2.24) is 0 Å². The molecule has 0 spiro atoms. The molecule has 0 aliphatic carbocycles. The summed E-state index contributed by atoms with van der Waals surface area (Å²) in [6.45, 7) is 6.70. The van der Waals surface area contributed by atoms with Crippen molar-refractivity contribution in [2.75, 3.05) is 0 Å². The van der Waals surface area contributed by atoms with E-state index in [9.17, 15) is 0 Å². The first-order chi connectivity index (χ1) is 6.42. The summed E-state index contributed by atoms with van der Waals surface area (Å²) in [5, 5.41) is 0.908. The van der Waals surface area contributed by atoms with Crippen LogP contribution in [0.5, 0.6) is 0 Å². The van der Waals surface area contributed by atoms with E-state index in [1.54, 1.807) is 0 Å². The highest BCUT2D eigenvalue weighted by molar-refractivity contribution is 9.10. The van der Waals surface area contributed by atoms with Crippen molar-refractivity contribution in [3.8, 4) is 0 Å². The average molecular weight is 338 g/mol. The highest BCUT2D eigenvalue weighted by Crippen LogP contribution is 2.35. The molecule has 0 aliphatic rings. The van der Waals surface area contributed by atoms with Gasteiger partial charge in [-0.25, -0.2) is 0 Å². The molecule has 0 saturated carbocycles. The molecule has 0 radical (unpaired) electrons. The molecule has 0 bridgehead atoms. The Morgan fingerprint density at radius 2 is 1.93 bits per heavy atom. The second kappa shape index (κ2) is 5.04. The maximum atomic E-state index is 3.52. The Balaban J connectivity index is 2.97. The number of halogens is 2. The second-order valence-corrected chi connectivity index (χ2v) is 7.45. The van der Waals surface area contributed by atoms with Gasteiger partial charge in [-0.05, 0) is 23.8 Å². The standard InChI is InChI=1S/C11H14Br2S/c1-11(2,3)14-10-5-4-9(13)6-8(10)7-12/h4-6H,7H2,1-3H3. The lowest BCUT2D eigenvalue weighted by Crippen LogP contribution is -2.07. The van der Waals surface area contributed by atoms with Crippen molar-refractivity contribution in [3.05, 3.63) is 28.2 Å². The third-order valence-corrected chi connectivity index (χ3v) is 3.91. The van der Waals surface area contributed by atoms with Crippen molar-refractivity contribution >= 4 is 43.6 Å². The third kappa shape index (κ3) is 3.95. The first-order valence-corrected chi connectivity index (χ1v) is 7.19. The summed E-state index contributed by atoms with van der Waals surface area (Å²) in [4.78, 5) is 1.36. The number of hydrogen-bond donors (Lipinski definition) is 0. The van der Waals surface area contributed by atoms with Gasteiger partial charge in [-0.15, -0.1) is 11.8 Å². The lowest BCUT2D eigenvalue weighted by atomic mass is 10.2. The van der Waals surface area contributed by atoms with E-state index >= 15 is 0 Å². The molecule has 0 aromatic heterocycles. The van der Waals surface area contributed by atoms with Gasteiger partial charge in [0.05, 0.1) is 0 Å². The van der Waals surface area contributed by atoms with E-state index in [1.165, 1.54) is 10.5 Å². The van der Waals surface area contributed by atoms with Crippen LogP contribution < -0.4 is 0 Å². The zero-order valence-electron chi connectivity index (χ0n) is 8.60. The molecule has 0 aliphatic heterocycles. The normalized spacial score (nSPS) is 11.8. The maximum absolute atomic E-state index is 3.52. The van der Waals surface area contributed by atoms with E-state index in [2.05, 4.69) is 70.8 Å². The van der Waals surface area contributed by atoms with Crippen LogP contribution in [0.4, 0.5) is 0 Å². The summed E-state index contributed by atoms with van der Waals surface area (Å²) in [6.07, 6.45) is 0. The van der Waals surface area contributed by atoms with E-state index in [-0.39, 0.29) is 4.75 Å². The quantitative estimate of drug-likeness (QED) is 0.525. The molecule has 3 heteroatoms. The van der Waals surface area contributed by atoms with Crippen LogP contribution in [0.1, 0.15) is 26.3 Å². The number of rotatable bonds is 2. The lowest BCUT2D eigenvalue weighted by molar-refractivity contribution is 0.802. The van der Waals surface area contributed by atoms with E-state index in [0.29, 0.717) is 0 Å². The highest BCUT2D eigenvalue weighted by atomic mass is 79.9. The van der Waals surface area contributed by atoms with Crippen LogP contribution in [0.3, 0.4) is 0 Å². The molecular weight excluding hydrogens is 324 g/mol. The van der Waals surface area contributed by atoms with Crippen molar-refractivity contribution in [1.29, 1.82) is 0 Å². The van der Waals surface area contributed by atoms with E-state index in [0.717, 1.165) is 9.80 Å². The minimum atomic E-state index is 0.269. The molecule has 1 rings (SSSR count). The average Bonchev–Trinajstić information content (AvgIpc) is 2.06. The first kappa shape index (κ1) is 12.6. The van der Waals surface area contributed by atoms with Gasteiger partial charge in [-0.3, -0.25) is 0 Å². The fourth-order valence-electron chi connectivity index (χ4n) is 1.08. The molecule has 0 fully saturated rings. The molecule has 1 aromatic rings. The summed E-state index contributed by atoms with van der Waals surface area (Å²) in [6, 6.07) is 6.44. The summed E-state index contributed by atoms with van der Waals surface area (Å²) < 4.78 is 1.41. The molecule has 0 N–H and O–H groups in total. The predicted octanol–water partition coefficient (Wildman–Crippen LogP) is 5.23. The number of hydrogen-bond acceptors (Lipinski definition) is 1. The monoisotopic (exact) mass is 336 g/mol. The summed E-state index contributed by atoms with van der Waals surface area (Å²) in [5.41, 5.74) is 1.35. The molecule has 0 nitrogen and oxygen atoms in total. The fourth-order valence-corrected chi connectivity index (χ4v) is 3.20. The largest absolute Gasteiger partial charge is 0.120 e. The fraction of sp³-hybridized carbons (Fsp3) is 0.455. The van der Waals surface area contributed by atoms with Gasteiger partial charge < -0.3 is 0 Å². The number of thioether (sulfide) groups is 1. The Labute approximate surface area is 107 Å². The SMILES string of the molecule is CC(C)(C)Sc1ccc(Br)cc1CBr. The molecule has 0 saturated heterocycles. The van der Waals surface area contributed by atoms with Crippen LogP contribution in [0.2, 0.25) is 0 Å². The van der Waals surface area contributed by atoms with Crippen LogP contribution in [0.25, 0.3) is 0 Å². The predicted molar refractivity (Wildman–Crippen MR) is 72.4 cm³/mol. The minimum Gasteiger partial charge on any atom is -0.120 e. The summed E-state index contributed by atoms with van der Waals surface area (Å²) >= 11 is 8.91. The number of benzene rings is 1. The van der Waals surface area contributed by atoms with Crippen molar-refractivity contribution in [3.63, 3.8) is 0 Å². The van der Waals surface area contributed by atoms with Crippen LogP contribution in [-0.2, 0) is 5.33 Å². The Bertz CT molecular complexity index is 316. The van der Waals surface area contributed by atoms with Gasteiger partial charge in [0.2, 0.25) is 0 Å². The molecular formula is C11H14Br2S. The highest BCUT2D eigenvalue weighted by Gasteiger charge is 2.14. The van der Waals surface area contributed by atoms with Gasteiger partial charge in [0.25, 0.3) is 0 Å². The zero-order valence-corrected chi connectivity index (χ0v) is 12.6. The number of alkyl halides is 1. The molecule has 78 valence electrons. The third-order valence-electron chi connectivity index (χ3n) is 1.58. The van der Waals surface area contributed by atoms with Gasteiger partial charge in [-0.2, -0.15) is 0 Å². The van der Waals surface area contributed by atoms with Gasteiger partial charge in [0, 0.05) is 19.4 Å². The molecule has 0 unspecified atom stereocenters. The summed E-state index contributed by atoms with van der Waals surface area (Å²) in [7, 11) is 0. The molecule has 0 amide bonds. The van der Waals surface area contributed by atoms with Crippen molar-refractivity contribution < 1.29 is 0 Å². The van der Waals surface area contributed by atoms with E-state index < -0.39 is 0 Å². The van der Waals surface area contributed by atoms with Gasteiger partial charge in [0.15, 0.2) is 0 Å².